The van der Waals surface area contributed by atoms with Crippen molar-refractivity contribution in [2.45, 2.75) is 11.9 Å². The Hall–Kier alpha value is -0.980. The molecule has 0 heterocycles. The van der Waals surface area contributed by atoms with Gasteiger partial charge in [-0.25, -0.2) is 0 Å². The van der Waals surface area contributed by atoms with Crippen LogP contribution < -0.4 is 0 Å². The molecule has 0 fully saturated rings. The lowest BCUT2D eigenvalue weighted by molar-refractivity contribution is 0.184. The summed E-state index contributed by atoms with van der Waals surface area (Å²) in [7, 11) is 1.55. The largest absolute Gasteiger partial charge is 0.380 e. The molecule has 0 aliphatic rings. The fraction of sp³-hybridized carbons (Fsp3) is 0.176. The van der Waals surface area contributed by atoms with E-state index in [0.29, 0.717) is 48.7 Å². The van der Waals surface area contributed by atoms with E-state index < -0.39 is 0 Å². The summed E-state index contributed by atoms with van der Waals surface area (Å²) in [6.45, 7) is 0.336. The molecule has 3 nitrogen and oxygen atoms in total. The lowest BCUT2D eigenvalue weighted by Gasteiger charge is -2.04. The van der Waals surface area contributed by atoms with Gasteiger partial charge >= 0.3 is 0 Å². The third-order valence-electron chi connectivity index (χ3n) is 2.94. The van der Waals surface area contributed by atoms with Gasteiger partial charge in [0.05, 0.1) is 27.8 Å². The van der Waals surface area contributed by atoms with E-state index in [1.54, 1.807) is 31.4 Å². The van der Waals surface area contributed by atoms with Crippen molar-refractivity contribution in [3.8, 4) is 12.1 Å². The first-order chi connectivity index (χ1) is 11.9. The summed E-state index contributed by atoms with van der Waals surface area (Å²) in [5, 5.41) is 19.9. The minimum Gasteiger partial charge on any atom is -0.380 e. The summed E-state index contributed by atoms with van der Waals surface area (Å²) >= 11 is 26.4. The Morgan fingerprint density at radius 1 is 0.880 bits per heavy atom. The van der Waals surface area contributed by atoms with Gasteiger partial charge < -0.3 is 4.74 Å². The van der Waals surface area contributed by atoms with Gasteiger partial charge in [-0.1, -0.05) is 62.3 Å². The van der Waals surface area contributed by atoms with Crippen molar-refractivity contribution in [3.63, 3.8) is 0 Å². The third kappa shape index (κ3) is 6.35. The molecule has 0 aliphatic carbocycles. The minimum atomic E-state index is 0.336. The van der Waals surface area contributed by atoms with E-state index in [2.05, 4.69) is 15.9 Å². The Labute approximate surface area is 174 Å². The molecule has 0 unspecified atom stereocenters. The Bertz CT molecular complexity index is 844. The molecule has 0 aromatic heterocycles. The molecule has 0 N–H and O–H groups in total. The van der Waals surface area contributed by atoms with Crippen LogP contribution in [0.1, 0.15) is 22.3 Å². The maximum atomic E-state index is 8.78. The van der Waals surface area contributed by atoms with Crippen molar-refractivity contribution < 1.29 is 4.74 Å². The average molecular weight is 481 g/mol. The second-order valence-corrected chi connectivity index (χ2v) is 6.88. The number of nitrogens with zero attached hydrogens (tertiary/aromatic N) is 2. The smallest absolute Gasteiger partial charge is 0.101 e. The number of hydrogen-bond acceptors (Lipinski definition) is 3. The van der Waals surface area contributed by atoms with E-state index in [-0.39, 0.29) is 0 Å². The van der Waals surface area contributed by atoms with Crippen LogP contribution in [0.3, 0.4) is 0 Å². The van der Waals surface area contributed by atoms with Crippen LogP contribution in [0.5, 0.6) is 0 Å². The molecule has 2 aromatic rings. The topological polar surface area (TPSA) is 56.8 Å². The maximum Gasteiger partial charge on any atom is 0.101 e. The van der Waals surface area contributed by atoms with Crippen molar-refractivity contribution in [2.75, 3.05) is 7.11 Å². The zero-order valence-electron chi connectivity index (χ0n) is 12.9. The van der Waals surface area contributed by atoms with Crippen molar-refractivity contribution in [1.29, 1.82) is 10.5 Å². The highest BCUT2D eigenvalue weighted by molar-refractivity contribution is 9.08. The number of alkyl halides is 1. The number of rotatable bonds is 3. The van der Waals surface area contributed by atoms with Crippen LogP contribution >= 0.6 is 62.3 Å². The van der Waals surface area contributed by atoms with Gasteiger partial charge in [0.15, 0.2) is 0 Å². The first-order valence-electron chi connectivity index (χ1n) is 6.68. The number of benzene rings is 2. The second kappa shape index (κ2) is 10.9. The summed E-state index contributed by atoms with van der Waals surface area (Å²) in [6, 6.07) is 10.5. The van der Waals surface area contributed by atoms with Gasteiger partial charge in [-0.05, 0) is 35.4 Å². The predicted molar refractivity (Wildman–Crippen MR) is 106 cm³/mol. The summed E-state index contributed by atoms with van der Waals surface area (Å²) in [6.07, 6.45) is 0. The molecule has 0 radical (unpaired) electrons. The second-order valence-electron chi connectivity index (χ2n) is 4.63. The molecule has 2 aromatic carbocycles. The van der Waals surface area contributed by atoms with E-state index >= 15 is 0 Å². The molecule has 25 heavy (non-hydrogen) atoms. The number of methoxy groups -OCH3 is 1. The maximum absolute atomic E-state index is 8.78. The fourth-order valence-corrected chi connectivity index (χ4v) is 3.48. The highest BCUT2D eigenvalue weighted by atomic mass is 79.9. The first kappa shape index (κ1) is 22.1. The lowest BCUT2D eigenvalue weighted by atomic mass is 10.1. The molecular weight excluding hydrogens is 470 g/mol. The Morgan fingerprint density at radius 2 is 1.32 bits per heavy atom. The normalized spacial score (nSPS) is 9.60. The van der Waals surface area contributed by atoms with Gasteiger partial charge in [-0.15, -0.1) is 0 Å². The number of hydrogen-bond donors (Lipinski definition) is 0. The van der Waals surface area contributed by atoms with Crippen LogP contribution in [-0.2, 0) is 16.7 Å². The fourth-order valence-electron chi connectivity index (χ4n) is 1.88. The number of halogens is 5. The number of nitriles is 2. The molecule has 0 bridgehead atoms. The quantitative estimate of drug-likeness (QED) is 0.455. The lowest BCUT2D eigenvalue weighted by Crippen LogP contribution is -1.93. The van der Waals surface area contributed by atoms with E-state index in [0.717, 1.165) is 5.56 Å². The Balaban J connectivity index is 0.000000251. The molecule has 0 spiro atoms. The van der Waals surface area contributed by atoms with Crippen LogP contribution in [0.25, 0.3) is 0 Å². The summed E-state index contributed by atoms with van der Waals surface area (Å²) < 4.78 is 4.91. The van der Waals surface area contributed by atoms with E-state index in [1.807, 2.05) is 12.1 Å². The summed E-state index contributed by atoms with van der Waals surface area (Å²) in [5.41, 5.74) is 2.43. The van der Waals surface area contributed by atoms with Crippen molar-refractivity contribution >= 4 is 62.3 Å². The molecule has 0 amide bonds. The number of ether oxygens (including phenoxy) is 1. The molecule has 2 rings (SSSR count). The van der Waals surface area contributed by atoms with E-state index in [9.17, 15) is 0 Å². The van der Waals surface area contributed by atoms with Crippen LogP contribution in [0.15, 0.2) is 24.3 Å². The van der Waals surface area contributed by atoms with Crippen LogP contribution in [0, 0.1) is 22.7 Å². The monoisotopic (exact) mass is 478 g/mol. The van der Waals surface area contributed by atoms with Crippen molar-refractivity contribution in [3.05, 3.63) is 66.6 Å². The van der Waals surface area contributed by atoms with Crippen molar-refractivity contribution in [1.82, 2.24) is 0 Å². The van der Waals surface area contributed by atoms with E-state index in [1.165, 1.54) is 0 Å². The SMILES string of the molecule is COCc1cc(Cl)cc(Cl)c1C#N.N#Cc1c(Cl)cc(Cl)cc1CBr. The van der Waals surface area contributed by atoms with Crippen LogP contribution in [0.4, 0.5) is 0 Å². The molecule has 0 atom stereocenters. The third-order valence-corrected chi connectivity index (χ3v) is 4.58. The average Bonchev–Trinajstić information content (AvgIpc) is 2.54. The zero-order chi connectivity index (χ0) is 19.0. The summed E-state index contributed by atoms with van der Waals surface area (Å²) in [5.74, 6) is 0. The highest BCUT2D eigenvalue weighted by Gasteiger charge is 2.08. The Kier molecular flexibility index (Phi) is 9.61. The van der Waals surface area contributed by atoms with Gasteiger partial charge in [-0.3, -0.25) is 0 Å². The van der Waals surface area contributed by atoms with Crippen molar-refractivity contribution in [2.24, 2.45) is 0 Å². The van der Waals surface area contributed by atoms with E-state index in [4.69, 9.17) is 61.7 Å². The first-order valence-corrected chi connectivity index (χ1v) is 9.32. The summed E-state index contributed by atoms with van der Waals surface area (Å²) in [4.78, 5) is 0. The molecule has 130 valence electrons. The zero-order valence-corrected chi connectivity index (χ0v) is 17.5. The van der Waals surface area contributed by atoms with Crippen LogP contribution in [-0.4, -0.2) is 7.11 Å². The Morgan fingerprint density at radius 3 is 1.72 bits per heavy atom. The van der Waals surface area contributed by atoms with Crippen LogP contribution in [0.2, 0.25) is 20.1 Å². The van der Waals surface area contributed by atoms with Gasteiger partial charge in [0.2, 0.25) is 0 Å². The van der Waals surface area contributed by atoms with Gasteiger partial charge in [0.25, 0.3) is 0 Å². The molecular formula is C17H11BrCl4N2O. The highest BCUT2D eigenvalue weighted by Crippen LogP contribution is 2.26. The minimum absolute atomic E-state index is 0.336. The molecule has 0 aliphatic heterocycles. The van der Waals surface area contributed by atoms with Gasteiger partial charge in [-0.2, -0.15) is 10.5 Å². The molecule has 8 heteroatoms. The molecule has 0 saturated carbocycles. The predicted octanol–water partition coefficient (Wildman–Crippen LogP) is 6.77. The molecule has 0 saturated heterocycles. The van der Waals surface area contributed by atoms with Gasteiger partial charge in [0.1, 0.15) is 12.1 Å². The van der Waals surface area contributed by atoms with Gasteiger partial charge in [0, 0.05) is 22.5 Å². The standard InChI is InChI=1S/C9H7Cl2NO.C8H4BrCl2N/c1-13-5-6-2-7(10)3-9(11)8(6)4-12;9-3-5-1-6(10)2-8(11)7(5)4-12/h2-3H,5H2,1H3;1-2H,3H2.